The van der Waals surface area contributed by atoms with Gasteiger partial charge in [-0.2, -0.15) is 0 Å². The van der Waals surface area contributed by atoms with E-state index < -0.39 is 10.0 Å². The Labute approximate surface area is 118 Å². The molecule has 1 fully saturated rings. The molecule has 0 aliphatic carbocycles. The fourth-order valence-corrected chi connectivity index (χ4v) is 3.36. The molecule has 19 heavy (non-hydrogen) atoms. The van der Waals surface area contributed by atoms with E-state index in [4.69, 9.17) is 5.73 Å². The van der Waals surface area contributed by atoms with Crippen LogP contribution in [0.3, 0.4) is 0 Å². The maximum absolute atomic E-state index is 11.7. The predicted molar refractivity (Wildman–Crippen MR) is 79.5 cm³/mol. The largest absolute Gasteiger partial charge is 0.328 e. The molecule has 0 amide bonds. The zero-order valence-electron chi connectivity index (χ0n) is 12.3. The molecule has 1 aliphatic heterocycles. The zero-order valence-corrected chi connectivity index (χ0v) is 13.1. The molecule has 114 valence electrons. The zero-order chi connectivity index (χ0) is 14.3. The van der Waals surface area contributed by atoms with Crippen LogP contribution >= 0.6 is 0 Å². The third-order valence-electron chi connectivity index (χ3n) is 3.69. The summed E-state index contributed by atoms with van der Waals surface area (Å²) < 4.78 is 26.1. The molecular weight excluding hydrogens is 262 g/mol. The monoisotopic (exact) mass is 291 g/mol. The summed E-state index contributed by atoms with van der Waals surface area (Å²) in [4.78, 5) is 2.37. The van der Waals surface area contributed by atoms with Crippen LogP contribution in [0.2, 0.25) is 0 Å². The summed E-state index contributed by atoms with van der Waals surface area (Å²) in [6, 6.07) is 0.0399. The van der Waals surface area contributed by atoms with Crippen LogP contribution in [0.15, 0.2) is 0 Å². The molecular formula is C13H29N3O2S. The van der Waals surface area contributed by atoms with Crippen molar-refractivity contribution in [2.75, 3.05) is 31.9 Å². The van der Waals surface area contributed by atoms with Gasteiger partial charge in [-0.15, -0.1) is 0 Å². The molecule has 0 aromatic rings. The Morgan fingerprint density at radius 2 is 2.00 bits per heavy atom. The van der Waals surface area contributed by atoms with Crippen LogP contribution in [-0.2, 0) is 10.0 Å². The first-order chi connectivity index (χ1) is 8.89. The topological polar surface area (TPSA) is 75.4 Å². The Hall–Kier alpha value is -0.170. The summed E-state index contributed by atoms with van der Waals surface area (Å²) in [6.45, 7) is 7.72. The second kappa shape index (κ2) is 8.19. The van der Waals surface area contributed by atoms with Gasteiger partial charge in [0, 0.05) is 12.6 Å². The second-order valence-electron chi connectivity index (χ2n) is 5.86. The molecule has 1 saturated heterocycles. The SMILES string of the molecule is CC(N)CCNS(=O)(=O)CCCN1CCC(C)CC1. The number of hydrogen-bond donors (Lipinski definition) is 2. The number of rotatable bonds is 8. The van der Waals surface area contributed by atoms with Crippen molar-refractivity contribution in [1.29, 1.82) is 0 Å². The molecule has 0 aromatic carbocycles. The van der Waals surface area contributed by atoms with Gasteiger partial charge in [0.15, 0.2) is 0 Å². The minimum Gasteiger partial charge on any atom is -0.328 e. The number of piperidine rings is 1. The van der Waals surface area contributed by atoms with Crippen molar-refractivity contribution in [1.82, 2.24) is 9.62 Å². The molecule has 1 heterocycles. The van der Waals surface area contributed by atoms with Gasteiger partial charge in [-0.05, 0) is 58.2 Å². The molecule has 0 aromatic heterocycles. The lowest BCUT2D eigenvalue weighted by atomic mass is 9.99. The van der Waals surface area contributed by atoms with E-state index in [1.54, 1.807) is 0 Å². The van der Waals surface area contributed by atoms with Crippen LogP contribution in [0.25, 0.3) is 0 Å². The number of nitrogens with one attached hydrogen (secondary N) is 1. The smallest absolute Gasteiger partial charge is 0.211 e. The first-order valence-electron chi connectivity index (χ1n) is 7.34. The van der Waals surface area contributed by atoms with Crippen LogP contribution in [0.1, 0.15) is 39.5 Å². The standard InChI is InChI=1S/C13H29N3O2S/c1-12-5-9-16(10-6-12)8-3-11-19(17,18)15-7-4-13(2)14/h12-13,15H,3-11,14H2,1-2H3. The summed E-state index contributed by atoms with van der Waals surface area (Å²) in [6.07, 6.45) is 3.86. The summed E-state index contributed by atoms with van der Waals surface area (Å²) >= 11 is 0. The highest BCUT2D eigenvalue weighted by Gasteiger charge is 2.16. The normalized spacial score (nSPS) is 20.6. The van der Waals surface area contributed by atoms with Gasteiger partial charge in [0.2, 0.25) is 10.0 Å². The molecule has 3 N–H and O–H groups in total. The fourth-order valence-electron chi connectivity index (χ4n) is 2.28. The Balaban J connectivity index is 2.13. The number of sulfonamides is 1. The highest BCUT2D eigenvalue weighted by atomic mass is 32.2. The highest BCUT2D eigenvalue weighted by molar-refractivity contribution is 7.89. The second-order valence-corrected chi connectivity index (χ2v) is 7.78. The summed E-state index contributed by atoms with van der Waals surface area (Å²) in [5.41, 5.74) is 5.59. The lowest BCUT2D eigenvalue weighted by Crippen LogP contribution is -2.36. The van der Waals surface area contributed by atoms with E-state index in [-0.39, 0.29) is 11.8 Å². The van der Waals surface area contributed by atoms with Gasteiger partial charge < -0.3 is 10.6 Å². The van der Waals surface area contributed by atoms with E-state index in [9.17, 15) is 8.42 Å². The Bertz CT molecular complexity index is 336. The van der Waals surface area contributed by atoms with Crippen molar-refractivity contribution in [3.8, 4) is 0 Å². The fraction of sp³-hybridized carbons (Fsp3) is 1.00. The Kier molecular flexibility index (Phi) is 7.28. The van der Waals surface area contributed by atoms with E-state index in [1.165, 1.54) is 12.8 Å². The number of hydrogen-bond acceptors (Lipinski definition) is 4. The van der Waals surface area contributed by atoms with E-state index in [1.807, 2.05) is 6.92 Å². The highest BCUT2D eigenvalue weighted by Crippen LogP contribution is 2.15. The maximum atomic E-state index is 11.7. The molecule has 0 radical (unpaired) electrons. The lowest BCUT2D eigenvalue weighted by Gasteiger charge is -2.30. The first kappa shape index (κ1) is 16.9. The van der Waals surface area contributed by atoms with Gasteiger partial charge in [-0.1, -0.05) is 6.92 Å². The van der Waals surface area contributed by atoms with Crippen LogP contribution in [0.5, 0.6) is 0 Å². The summed E-state index contributed by atoms with van der Waals surface area (Å²) in [7, 11) is -3.12. The van der Waals surface area contributed by atoms with Crippen molar-refractivity contribution in [2.24, 2.45) is 11.7 Å². The third-order valence-corrected chi connectivity index (χ3v) is 5.16. The number of likely N-dealkylation sites (tertiary alicyclic amines) is 1. The van der Waals surface area contributed by atoms with Crippen LogP contribution in [-0.4, -0.2) is 51.3 Å². The average Bonchev–Trinajstić information content (AvgIpc) is 2.30. The molecule has 0 saturated carbocycles. The summed E-state index contributed by atoms with van der Waals surface area (Å²) in [5, 5.41) is 0. The van der Waals surface area contributed by atoms with Gasteiger partial charge in [0.1, 0.15) is 0 Å². The Morgan fingerprint density at radius 1 is 1.37 bits per heavy atom. The molecule has 5 nitrogen and oxygen atoms in total. The minimum atomic E-state index is -3.12. The van der Waals surface area contributed by atoms with Crippen LogP contribution in [0.4, 0.5) is 0 Å². The lowest BCUT2D eigenvalue weighted by molar-refractivity contribution is 0.193. The van der Waals surface area contributed by atoms with Crippen LogP contribution in [0, 0.1) is 5.92 Å². The van der Waals surface area contributed by atoms with Gasteiger partial charge in [0.05, 0.1) is 5.75 Å². The van der Waals surface area contributed by atoms with Gasteiger partial charge in [-0.25, -0.2) is 13.1 Å². The first-order valence-corrected chi connectivity index (χ1v) is 8.99. The van der Waals surface area contributed by atoms with Crippen molar-refractivity contribution in [3.63, 3.8) is 0 Å². The molecule has 1 atom stereocenters. The molecule has 0 spiro atoms. The number of nitrogens with zero attached hydrogens (tertiary/aromatic N) is 1. The van der Waals surface area contributed by atoms with Gasteiger partial charge >= 0.3 is 0 Å². The molecule has 1 unspecified atom stereocenters. The van der Waals surface area contributed by atoms with Crippen LogP contribution < -0.4 is 10.5 Å². The number of nitrogens with two attached hydrogens (primary N) is 1. The maximum Gasteiger partial charge on any atom is 0.211 e. The van der Waals surface area contributed by atoms with Gasteiger partial charge in [-0.3, -0.25) is 0 Å². The van der Waals surface area contributed by atoms with Crippen molar-refractivity contribution in [2.45, 2.75) is 45.6 Å². The third kappa shape index (κ3) is 7.87. The van der Waals surface area contributed by atoms with Crippen molar-refractivity contribution < 1.29 is 8.42 Å². The van der Waals surface area contributed by atoms with E-state index in [0.29, 0.717) is 19.4 Å². The van der Waals surface area contributed by atoms with E-state index in [2.05, 4.69) is 16.5 Å². The molecule has 6 heteroatoms. The Morgan fingerprint density at radius 3 is 2.58 bits per heavy atom. The molecule has 1 aliphatic rings. The molecule has 1 rings (SSSR count). The van der Waals surface area contributed by atoms with E-state index in [0.717, 1.165) is 25.6 Å². The summed E-state index contributed by atoms with van der Waals surface area (Å²) in [5.74, 6) is 1.04. The average molecular weight is 291 g/mol. The van der Waals surface area contributed by atoms with E-state index >= 15 is 0 Å². The van der Waals surface area contributed by atoms with Crippen molar-refractivity contribution >= 4 is 10.0 Å². The predicted octanol–water partition coefficient (Wildman–Crippen LogP) is 0.765. The van der Waals surface area contributed by atoms with Crippen molar-refractivity contribution in [3.05, 3.63) is 0 Å². The quantitative estimate of drug-likeness (QED) is 0.692. The minimum absolute atomic E-state index is 0.0399. The molecule has 0 bridgehead atoms. The van der Waals surface area contributed by atoms with Gasteiger partial charge in [0.25, 0.3) is 0 Å².